The minimum Gasteiger partial charge on any atom is -0.497 e. The van der Waals surface area contributed by atoms with E-state index < -0.39 is 0 Å². The lowest BCUT2D eigenvalue weighted by Gasteiger charge is -2.11. The van der Waals surface area contributed by atoms with Crippen LogP contribution >= 0.6 is 24.0 Å². The van der Waals surface area contributed by atoms with E-state index in [1.165, 1.54) is 11.8 Å². The lowest BCUT2D eigenvalue weighted by molar-refractivity contribution is -0.122. The third-order valence-corrected chi connectivity index (χ3v) is 4.97. The second-order valence-electron chi connectivity index (χ2n) is 5.26. The second kappa shape index (κ2) is 7.23. The molecule has 0 unspecified atom stereocenters. The van der Waals surface area contributed by atoms with Crippen molar-refractivity contribution in [3.05, 3.63) is 47.1 Å². The van der Waals surface area contributed by atoms with Gasteiger partial charge in [-0.3, -0.25) is 9.69 Å². The van der Waals surface area contributed by atoms with Crippen LogP contribution in [0.1, 0.15) is 19.1 Å². The first-order valence-corrected chi connectivity index (χ1v) is 8.84. The molecule has 1 aromatic carbocycles. The van der Waals surface area contributed by atoms with Crippen LogP contribution < -0.4 is 4.74 Å². The maximum Gasteiger partial charge on any atom is 0.266 e. The van der Waals surface area contributed by atoms with Gasteiger partial charge in [0.15, 0.2) is 0 Å². The van der Waals surface area contributed by atoms with Crippen LogP contribution in [0.4, 0.5) is 0 Å². The van der Waals surface area contributed by atoms with Crippen molar-refractivity contribution < 1.29 is 13.9 Å². The molecule has 1 saturated heterocycles. The molecule has 1 aromatic heterocycles. The van der Waals surface area contributed by atoms with Gasteiger partial charge in [0, 0.05) is 18.2 Å². The zero-order chi connectivity index (χ0) is 17.1. The van der Waals surface area contributed by atoms with E-state index >= 15 is 0 Å². The third kappa shape index (κ3) is 3.39. The van der Waals surface area contributed by atoms with Crippen molar-refractivity contribution in [2.24, 2.45) is 0 Å². The first-order chi connectivity index (χ1) is 11.6. The Labute approximate surface area is 150 Å². The molecular weight excluding hydrogens is 342 g/mol. The average molecular weight is 359 g/mol. The summed E-state index contributed by atoms with van der Waals surface area (Å²) in [6.07, 6.45) is 2.63. The molecule has 0 aliphatic carbocycles. The van der Waals surface area contributed by atoms with Gasteiger partial charge >= 0.3 is 0 Å². The van der Waals surface area contributed by atoms with Gasteiger partial charge in [-0.05, 0) is 42.8 Å². The van der Waals surface area contributed by atoms with Crippen LogP contribution in [0.15, 0.2) is 45.7 Å². The van der Waals surface area contributed by atoms with Crippen LogP contribution in [0.25, 0.3) is 17.4 Å². The van der Waals surface area contributed by atoms with Gasteiger partial charge in [-0.1, -0.05) is 30.9 Å². The summed E-state index contributed by atoms with van der Waals surface area (Å²) in [5.41, 5.74) is 0.953. The van der Waals surface area contributed by atoms with E-state index in [0.29, 0.717) is 21.5 Å². The van der Waals surface area contributed by atoms with Gasteiger partial charge in [-0.25, -0.2) is 0 Å². The lowest BCUT2D eigenvalue weighted by atomic mass is 10.2. The fourth-order valence-electron chi connectivity index (χ4n) is 2.39. The number of benzene rings is 1. The number of methoxy groups -OCH3 is 1. The maximum absolute atomic E-state index is 12.4. The van der Waals surface area contributed by atoms with E-state index in [1.54, 1.807) is 18.1 Å². The van der Waals surface area contributed by atoms with E-state index in [9.17, 15) is 4.79 Å². The minimum atomic E-state index is -0.0470. The number of thioether (sulfide) groups is 1. The topological polar surface area (TPSA) is 42.7 Å². The molecule has 24 heavy (non-hydrogen) atoms. The highest BCUT2D eigenvalue weighted by molar-refractivity contribution is 8.26. The number of hydrogen-bond acceptors (Lipinski definition) is 5. The van der Waals surface area contributed by atoms with Crippen LogP contribution in [-0.2, 0) is 4.79 Å². The van der Waals surface area contributed by atoms with Crippen molar-refractivity contribution >= 4 is 40.3 Å². The van der Waals surface area contributed by atoms with Crippen molar-refractivity contribution in [2.75, 3.05) is 13.7 Å². The van der Waals surface area contributed by atoms with E-state index in [4.69, 9.17) is 21.4 Å². The molecule has 0 N–H and O–H groups in total. The average Bonchev–Trinajstić information content (AvgIpc) is 3.16. The van der Waals surface area contributed by atoms with Crippen molar-refractivity contribution in [3.8, 4) is 17.1 Å². The van der Waals surface area contributed by atoms with Crippen LogP contribution in [0.3, 0.4) is 0 Å². The second-order valence-corrected chi connectivity index (χ2v) is 6.94. The van der Waals surface area contributed by atoms with Gasteiger partial charge in [0.2, 0.25) is 0 Å². The Balaban J connectivity index is 1.80. The summed E-state index contributed by atoms with van der Waals surface area (Å²) in [6.45, 7) is 2.67. The Morgan fingerprint density at radius 2 is 2.00 bits per heavy atom. The Bertz CT molecular complexity index is 793. The van der Waals surface area contributed by atoms with Crippen molar-refractivity contribution in [3.63, 3.8) is 0 Å². The number of furan rings is 1. The zero-order valence-electron chi connectivity index (χ0n) is 13.4. The molecule has 0 bridgehead atoms. The number of rotatable bonds is 5. The van der Waals surface area contributed by atoms with Gasteiger partial charge < -0.3 is 9.15 Å². The molecule has 1 aliphatic heterocycles. The Kier molecular flexibility index (Phi) is 5.06. The van der Waals surface area contributed by atoms with Crippen LogP contribution in [-0.4, -0.2) is 28.8 Å². The molecule has 4 nitrogen and oxygen atoms in total. The van der Waals surface area contributed by atoms with Crippen LogP contribution in [0.5, 0.6) is 5.75 Å². The van der Waals surface area contributed by atoms with Crippen molar-refractivity contribution in [1.29, 1.82) is 0 Å². The summed E-state index contributed by atoms with van der Waals surface area (Å²) in [5, 5.41) is 0. The van der Waals surface area contributed by atoms with Crippen molar-refractivity contribution in [1.82, 2.24) is 4.90 Å². The fraction of sp³-hybridized carbons (Fsp3) is 0.222. The Morgan fingerprint density at radius 1 is 1.25 bits per heavy atom. The fourth-order valence-corrected chi connectivity index (χ4v) is 3.68. The number of carbonyl (C=O) groups excluding carboxylic acids is 1. The monoisotopic (exact) mass is 359 g/mol. The molecule has 0 atom stereocenters. The number of carbonyl (C=O) groups is 1. The highest BCUT2D eigenvalue weighted by atomic mass is 32.2. The zero-order valence-corrected chi connectivity index (χ0v) is 15.1. The predicted molar refractivity (Wildman–Crippen MR) is 101 cm³/mol. The van der Waals surface area contributed by atoms with Gasteiger partial charge in [-0.2, -0.15) is 0 Å². The Hall–Kier alpha value is -2.05. The number of thiocarbonyl (C=S) groups is 1. The molecular formula is C18H17NO3S2. The molecule has 1 amide bonds. The summed E-state index contributed by atoms with van der Waals surface area (Å²) >= 11 is 6.59. The molecule has 0 radical (unpaired) electrons. The molecule has 1 aliphatic rings. The van der Waals surface area contributed by atoms with Gasteiger partial charge in [0.25, 0.3) is 5.91 Å². The number of nitrogens with zero attached hydrogens (tertiary/aromatic N) is 1. The Morgan fingerprint density at radius 3 is 2.67 bits per heavy atom. The molecule has 124 valence electrons. The SMILES string of the molecule is CCCN1C(=O)/C(=C/c2ccc(-c3ccc(OC)cc3)o2)SC1=S. The van der Waals surface area contributed by atoms with Crippen LogP contribution in [0, 0.1) is 0 Å². The summed E-state index contributed by atoms with van der Waals surface area (Å²) in [4.78, 5) is 14.6. The molecule has 2 heterocycles. The first-order valence-electron chi connectivity index (χ1n) is 7.62. The summed E-state index contributed by atoms with van der Waals surface area (Å²) in [6, 6.07) is 11.4. The first kappa shape index (κ1) is 16.8. The van der Waals surface area contributed by atoms with Crippen LogP contribution in [0.2, 0.25) is 0 Å². The molecule has 6 heteroatoms. The largest absolute Gasteiger partial charge is 0.497 e. The maximum atomic E-state index is 12.4. The number of hydrogen-bond donors (Lipinski definition) is 0. The smallest absolute Gasteiger partial charge is 0.266 e. The summed E-state index contributed by atoms with van der Waals surface area (Å²) < 4.78 is 11.6. The third-order valence-electron chi connectivity index (χ3n) is 3.60. The van der Waals surface area contributed by atoms with E-state index in [2.05, 4.69) is 0 Å². The normalized spacial score (nSPS) is 16.2. The molecule has 0 saturated carbocycles. The van der Waals surface area contributed by atoms with Gasteiger partial charge in [0.1, 0.15) is 21.6 Å². The molecule has 3 rings (SSSR count). The van der Waals surface area contributed by atoms with Gasteiger partial charge in [-0.15, -0.1) is 0 Å². The minimum absolute atomic E-state index is 0.0470. The predicted octanol–water partition coefficient (Wildman–Crippen LogP) is 4.57. The van der Waals surface area contributed by atoms with E-state index in [0.717, 1.165) is 23.5 Å². The number of ether oxygens (including phenoxy) is 1. The van der Waals surface area contributed by atoms with Crippen molar-refractivity contribution in [2.45, 2.75) is 13.3 Å². The molecule has 0 spiro atoms. The quantitative estimate of drug-likeness (QED) is 0.578. The highest BCUT2D eigenvalue weighted by Crippen LogP contribution is 2.33. The number of amides is 1. The summed E-state index contributed by atoms with van der Waals surface area (Å²) in [7, 11) is 1.63. The van der Waals surface area contributed by atoms with E-state index in [-0.39, 0.29) is 5.91 Å². The molecule has 1 fully saturated rings. The molecule has 2 aromatic rings. The highest BCUT2D eigenvalue weighted by Gasteiger charge is 2.31. The van der Waals surface area contributed by atoms with Gasteiger partial charge in [0.05, 0.1) is 12.0 Å². The summed E-state index contributed by atoms with van der Waals surface area (Å²) in [5.74, 6) is 2.13. The lowest BCUT2D eigenvalue weighted by Crippen LogP contribution is -2.28. The van der Waals surface area contributed by atoms with E-state index in [1.807, 2.05) is 43.3 Å². The standard InChI is InChI=1S/C18H17NO3S2/c1-3-10-19-17(20)16(24-18(19)23)11-14-8-9-15(22-14)12-4-6-13(21-2)7-5-12/h4-9,11H,3,10H2,1-2H3/b16-11-.